The lowest BCUT2D eigenvalue weighted by Crippen LogP contribution is -2.12. The number of nitrogens with one attached hydrogen (secondary N) is 2. The first-order valence-corrected chi connectivity index (χ1v) is 6.22. The molecule has 1 heterocycles. The van der Waals surface area contributed by atoms with E-state index in [1.54, 1.807) is 43.3 Å². The molecule has 2 aromatic rings. The number of benzene rings is 1. The van der Waals surface area contributed by atoms with Crippen molar-refractivity contribution in [1.82, 2.24) is 0 Å². The van der Waals surface area contributed by atoms with Crippen LogP contribution < -0.4 is 10.6 Å². The second kappa shape index (κ2) is 6.39. The molecule has 0 atom stereocenters. The number of carbonyl (C=O) groups is 2. The lowest BCUT2D eigenvalue weighted by atomic mass is 10.2. The number of amides is 2. The van der Waals surface area contributed by atoms with E-state index in [0.717, 1.165) is 0 Å². The third-order valence-corrected chi connectivity index (χ3v) is 2.66. The average molecular weight is 283 g/mol. The van der Waals surface area contributed by atoms with Crippen molar-refractivity contribution in [2.75, 3.05) is 10.6 Å². The maximum atomic E-state index is 11.9. The molecule has 106 valence electrons. The summed E-state index contributed by atoms with van der Waals surface area (Å²) in [5.74, 6) is 0.0203. The van der Waals surface area contributed by atoms with Crippen molar-refractivity contribution in [2.24, 2.45) is 0 Å². The summed E-state index contributed by atoms with van der Waals surface area (Å²) < 4.78 is 5.07. The van der Waals surface area contributed by atoms with Gasteiger partial charge in [0.2, 0.25) is 5.91 Å². The predicted octanol–water partition coefficient (Wildman–Crippen LogP) is 2.69. The van der Waals surface area contributed by atoms with Gasteiger partial charge in [0.1, 0.15) is 18.4 Å². The largest absolute Gasteiger partial charge is 0.469 e. The molecular formula is C15H13N3O3. The number of anilines is 2. The highest BCUT2D eigenvalue weighted by Crippen LogP contribution is 2.15. The summed E-state index contributed by atoms with van der Waals surface area (Å²) in [6.45, 7) is 1.76. The molecule has 0 bridgehead atoms. The van der Waals surface area contributed by atoms with E-state index in [2.05, 4.69) is 10.6 Å². The summed E-state index contributed by atoms with van der Waals surface area (Å²) >= 11 is 0. The number of aryl methyl sites for hydroxylation is 1. The van der Waals surface area contributed by atoms with Crippen LogP contribution in [0.4, 0.5) is 11.4 Å². The first-order valence-electron chi connectivity index (χ1n) is 6.22. The van der Waals surface area contributed by atoms with Crippen LogP contribution in [0.15, 0.2) is 41.0 Å². The van der Waals surface area contributed by atoms with E-state index in [9.17, 15) is 9.59 Å². The second-order valence-electron chi connectivity index (χ2n) is 4.36. The van der Waals surface area contributed by atoms with E-state index in [1.807, 2.05) is 0 Å². The second-order valence-corrected chi connectivity index (χ2v) is 4.36. The van der Waals surface area contributed by atoms with E-state index < -0.39 is 0 Å². The van der Waals surface area contributed by atoms with Crippen LogP contribution in [0.1, 0.15) is 22.5 Å². The highest BCUT2D eigenvalue weighted by molar-refractivity contribution is 6.04. The lowest BCUT2D eigenvalue weighted by Gasteiger charge is -2.06. The maximum Gasteiger partial charge on any atom is 0.258 e. The number of hydrogen-bond acceptors (Lipinski definition) is 4. The lowest BCUT2D eigenvalue weighted by molar-refractivity contribution is -0.115. The summed E-state index contributed by atoms with van der Waals surface area (Å²) in [7, 11) is 0. The van der Waals surface area contributed by atoms with Gasteiger partial charge in [0.15, 0.2) is 0 Å². The maximum absolute atomic E-state index is 11.9. The smallest absolute Gasteiger partial charge is 0.258 e. The molecule has 0 saturated carbocycles. The normalized spacial score (nSPS) is 9.71. The van der Waals surface area contributed by atoms with Gasteiger partial charge in [-0.15, -0.1) is 0 Å². The Bertz CT molecular complexity index is 696. The Morgan fingerprint density at radius 1 is 1.19 bits per heavy atom. The van der Waals surface area contributed by atoms with Gasteiger partial charge in [-0.25, -0.2) is 0 Å². The van der Waals surface area contributed by atoms with Crippen LogP contribution in [-0.2, 0) is 4.79 Å². The van der Waals surface area contributed by atoms with Gasteiger partial charge < -0.3 is 15.1 Å². The van der Waals surface area contributed by atoms with Crippen molar-refractivity contribution in [2.45, 2.75) is 13.3 Å². The van der Waals surface area contributed by atoms with Crippen molar-refractivity contribution in [3.63, 3.8) is 0 Å². The summed E-state index contributed by atoms with van der Waals surface area (Å²) in [5, 5.41) is 13.7. The van der Waals surface area contributed by atoms with Crippen LogP contribution in [0.5, 0.6) is 0 Å². The number of nitrogens with zero attached hydrogens (tertiary/aromatic N) is 1. The van der Waals surface area contributed by atoms with Gasteiger partial charge in [-0.2, -0.15) is 5.26 Å². The zero-order valence-corrected chi connectivity index (χ0v) is 11.3. The Labute approximate surface area is 121 Å². The summed E-state index contributed by atoms with van der Waals surface area (Å²) in [4.78, 5) is 23.1. The molecule has 0 fully saturated rings. The fraction of sp³-hybridized carbons (Fsp3) is 0.133. The highest BCUT2D eigenvalue weighted by Gasteiger charge is 2.09. The predicted molar refractivity (Wildman–Crippen MR) is 76.7 cm³/mol. The summed E-state index contributed by atoms with van der Waals surface area (Å²) in [6, 6.07) is 10.0. The average Bonchev–Trinajstić information content (AvgIpc) is 2.88. The Balaban J connectivity index is 1.98. The minimum absolute atomic E-state index is 0.196. The molecule has 2 N–H and O–H groups in total. The fourth-order valence-electron chi connectivity index (χ4n) is 1.68. The molecule has 0 spiro atoms. The molecule has 6 nitrogen and oxygen atoms in total. The first-order chi connectivity index (χ1) is 10.1. The Morgan fingerprint density at radius 2 is 1.81 bits per heavy atom. The molecule has 2 rings (SSSR count). The van der Waals surface area contributed by atoms with Gasteiger partial charge in [-0.3, -0.25) is 9.59 Å². The number of hydrogen-bond donors (Lipinski definition) is 2. The Kier molecular flexibility index (Phi) is 4.36. The van der Waals surface area contributed by atoms with E-state index in [-0.39, 0.29) is 18.2 Å². The fourth-order valence-corrected chi connectivity index (χ4v) is 1.68. The molecule has 1 aromatic heterocycles. The molecular weight excluding hydrogens is 270 g/mol. The van der Waals surface area contributed by atoms with Crippen LogP contribution in [0.25, 0.3) is 0 Å². The molecule has 0 aliphatic heterocycles. The van der Waals surface area contributed by atoms with Gasteiger partial charge in [-0.1, -0.05) is 0 Å². The molecule has 0 aliphatic rings. The van der Waals surface area contributed by atoms with Crippen molar-refractivity contribution in [1.29, 1.82) is 5.26 Å². The monoisotopic (exact) mass is 283 g/mol. The van der Waals surface area contributed by atoms with Gasteiger partial charge in [0, 0.05) is 11.4 Å². The van der Waals surface area contributed by atoms with E-state index in [1.165, 1.54) is 6.26 Å². The minimum atomic E-state index is -0.372. The first kappa shape index (κ1) is 14.3. The van der Waals surface area contributed by atoms with Crippen LogP contribution in [0.3, 0.4) is 0 Å². The topological polar surface area (TPSA) is 95.1 Å². The zero-order chi connectivity index (χ0) is 15.2. The molecule has 21 heavy (non-hydrogen) atoms. The number of furan rings is 1. The van der Waals surface area contributed by atoms with Crippen LogP contribution in [-0.4, -0.2) is 11.8 Å². The highest BCUT2D eigenvalue weighted by atomic mass is 16.3. The quantitative estimate of drug-likeness (QED) is 0.901. The van der Waals surface area contributed by atoms with Gasteiger partial charge in [0.05, 0.1) is 11.6 Å². The van der Waals surface area contributed by atoms with E-state index >= 15 is 0 Å². The zero-order valence-electron chi connectivity index (χ0n) is 11.3. The van der Waals surface area contributed by atoms with Crippen LogP contribution in [0, 0.1) is 18.3 Å². The minimum Gasteiger partial charge on any atom is -0.469 e. The molecule has 0 radical (unpaired) electrons. The standard InChI is InChI=1S/C15H13N3O3/c1-10-8-11(9-21-10)15(20)18-13-4-2-12(3-5-13)17-14(19)6-7-16/h2-5,8-9H,6H2,1H3,(H,17,19)(H,18,20). The molecule has 2 amide bonds. The molecule has 0 unspecified atom stereocenters. The van der Waals surface area contributed by atoms with Crippen LogP contribution >= 0.6 is 0 Å². The van der Waals surface area contributed by atoms with Crippen LogP contribution in [0.2, 0.25) is 0 Å². The number of nitriles is 1. The molecule has 6 heteroatoms. The Hall–Kier alpha value is -3.07. The third kappa shape index (κ3) is 3.94. The van der Waals surface area contributed by atoms with Crippen molar-refractivity contribution >= 4 is 23.2 Å². The van der Waals surface area contributed by atoms with Gasteiger partial charge in [0.25, 0.3) is 5.91 Å². The van der Waals surface area contributed by atoms with Crippen molar-refractivity contribution in [3.05, 3.63) is 47.9 Å². The van der Waals surface area contributed by atoms with Crippen molar-refractivity contribution in [3.8, 4) is 6.07 Å². The van der Waals surface area contributed by atoms with E-state index in [0.29, 0.717) is 22.7 Å². The van der Waals surface area contributed by atoms with Gasteiger partial charge in [-0.05, 0) is 37.3 Å². The number of rotatable bonds is 4. The SMILES string of the molecule is Cc1cc(C(=O)Nc2ccc(NC(=O)CC#N)cc2)co1. The van der Waals surface area contributed by atoms with E-state index in [4.69, 9.17) is 9.68 Å². The molecule has 0 aliphatic carbocycles. The molecule has 0 saturated heterocycles. The summed E-state index contributed by atoms with van der Waals surface area (Å²) in [5.41, 5.74) is 1.60. The summed E-state index contributed by atoms with van der Waals surface area (Å²) in [6.07, 6.45) is 1.19. The van der Waals surface area contributed by atoms with Gasteiger partial charge >= 0.3 is 0 Å². The number of carbonyl (C=O) groups excluding carboxylic acids is 2. The Morgan fingerprint density at radius 3 is 2.33 bits per heavy atom. The molecule has 1 aromatic carbocycles. The van der Waals surface area contributed by atoms with Crippen molar-refractivity contribution < 1.29 is 14.0 Å². The third-order valence-electron chi connectivity index (χ3n) is 2.66.